The molecule has 4 rings (SSSR count). The number of nitrogens with zero attached hydrogens (tertiary/aromatic N) is 1. The summed E-state index contributed by atoms with van der Waals surface area (Å²) in [5.41, 5.74) is 0.840. The van der Waals surface area contributed by atoms with E-state index in [1.165, 1.54) is 11.4 Å². The summed E-state index contributed by atoms with van der Waals surface area (Å²) >= 11 is 0. The standard InChI is InChI=1S/C19H16N2O5/c22-12-9-5-4-8-11(12)15-13-14(16(20-15)19(25)26)18(24)21(17(13)23)10-6-2-1-3-7-10/h1-9,13-16,20,22H,(H,25,26)/t13-,14-,15+,16+/m1/s1. The topological polar surface area (TPSA) is 114 Å². The quantitative estimate of drug-likeness (QED) is 0.683. The highest BCUT2D eigenvalue weighted by Gasteiger charge is 2.63. The second-order valence-electron chi connectivity index (χ2n) is 6.52. The molecule has 2 aromatic rings. The van der Waals surface area contributed by atoms with Gasteiger partial charge in [-0.2, -0.15) is 0 Å². The van der Waals surface area contributed by atoms with Crippen molar-refractivity contribution in [3.05, 3.63) is 60.2 Å². The number of nitrogens with two attached hydrogens (primary N) is 1. The Hall–Kier alpha value is -3.19. The molecule has 2 amide bonds. The summed E-state index contributed by atoms with van der Waals surface area (Å²) in [5, 5.41) is 23.2. The number of quaternary nitrogens is 1. The van der Waals surface area contributed by atoms with E-state index in [0.29, 0.717) is 11.3 Å². The number of rotatable bonds is 3. The van der Waals surface area contributed by atoms with Gasteiger partial charge in [0.25, 0.3) is 0 Å². The van der Waals surface area contributed by atoms with Crippen molar-refractivity contribution in [3.8, 4) is 5.75 Å². The molecule has 2 fully saturated rings. The first-order valence-corrected chi connectivity index (χ1v) is 8.27. The maximum atomic E-state index is 13.1. The summed E-state index contributed by atoms with van der Waals surface area (Å²) < 4.78 is 0. The molecule has 0 bridgehead atoms. The van der Waals surface area contributed by atoms with Crippen LogP contribution in [0.5, 0.6) is 5.75 Å². The number of carbonyl (C=O) groups excluding carboxylic acids is 3. The summed E-state index contributed by atoms with van der Waals surface area (Å²) in [6.45, 7) is 0. The van der Waals surface area contributed by atoms with Gasteiger partial charge in [0.2, 0.25) is 11.8 Å². The van der Waals surface area contributed by atoms with Crippen LogP contribution in [0.3, 0.4) is 0 Å². The zero-order chi connectivity index (χ0) is 18.4. The van der Waals surface area contributed by atoms with E-state index in [2.05, 4.69) is 0 Å². The van der Waals surface area contributed by atoms with Gasteiger partial charge < -0.3 is 20.3 Å². The zero-order valence-corrected chi connectivity index (χ0v) is 13.6. The molecule has 0 aromatic heterocycles. The highest BCUT2D eigenvalue weighted by molar-refractivity contribution is 6.23. The second kappa shape index (κ2) is 5.96. The van der Waals surface area contributed by atoms with Crippen molar-refractivity contribution in [3.63, 3.8) is 0 Å². The molecule has 3 N–H and O–H groups in total. The Labute approximate surface area is 148 Å². The Morgan fingerprint density at radius 1 is 0.962 bits per heavy atom. The number of phenolic OH excluding ortho intramolecular Hbond substituents is 1. The van der Waals surface area contributed by atoms with Crippen molar-refractivity contribution < 1.29 is 29.9 Å². The number of carboxylic acids is 1. The van der Waals surface area contributed by atoms with E-state index >= 15 is 0 Å². The van der Waals surface area contributed by atoms with Gasteiger partial charge in [0.15, 0.2) is 0 Å². The van der Waals surface area contributed by atoms with Crippen LogP contribution in [-0.2, 0) is 14.4 Å². The first-order valence-electron chi connectivity index (χ1n) is 8.27. The van der Waals surface area contributed by atoms with Crippen molar-refractivity contribution in [2.24, 2.45) is 11.8 Å². The minimum absolute atomic E-state index is 0.0371. The molecule has 0 aliphatic carbocycles. The van der Waals surface area contributed by atoms with E-state index in [-0.39, 0.29) is 5.75 Å². The van der Waals surface area contributed by atoms with E-state index in [1.54, 1.807) is 48.5 Å². The normalized spacial score (nSPS) is 27.6. The van der Waals surface area contributed by atoms with Crippen LogP contribution in [0.15, 0.2) is 54.6 Å². The van der Waals surface area contributed by atoms with Crippen LogP contribution in [0.1, 0.15) is 11.6 Å². The van der Waals surface area contributed by atoms with Crippen LogP contribution in [0.4, 0.5) is 5.69 Å². The SMILES string of the molecule is O=C([O-])[C@H]1[NH2+][C@@H](c2ccccc2O)[C@@H]2C(=O)N(c3ccccc3)C(=O)[C@H]21. The molecule has 2 aliphatic heterocycles. The third-order valence-corrected chi connectivity index (χ3v) is 5.17. The van der Waals surface area contributed by atoms with Gasteiger partial charge in [0.1, 0.15) is 35.6 Å². The van der Waals surface area contributed by atoms with Gasteiger partial charge in [0, 0.05) is 0 Å². The number of aliphatic carboxylic acids is 1. The number of aromatic hydroxyl groups is 1. The number of carboxylic acid groups (broad SMARTS) is 1. The van der Waals surface area contributed by atoms with E-state index in [4.69, 9.17) is 0 Å². The maximum absolute atomic E-state index is 13.1. The molecule has 0 unspecified atom stereocenters. The highest BCUT2D eigenvalue weighted by Crippen LogP contribution is 2.43. The molecule has 7 nitrogen and oxygen atoms in total. The smallest absolute Gasteiger partial charge is 0.244 e. The van der Waals surface area contributed by atoms with Gasteiger partial charge in [-0.25, -0.2) is 4.90 Å². The third kappa shape index (κ3) is 2.28. The third-order valence-electron chi connectivity index (χ3n) is 5.17. The number of fused-ring (bicyclic) bond motifs is 1. The molecular weight excluding hydrogens is 336 g/mol. The van der Waals surface area contributed by atoms with Crippen molar-refractivity contribution in [2.45, 2.75) is 12.1 Å². The lowest BCUT2D eigenvalue weighted by atomic mass is 9.86. The van der Waals surface area contributed by atoms with Crippen LogP contribution in [0.2, 0.25) is 0 Å². The van der Waals surface area contributed by atoms with Crippen LogP contribution in [0.25, 0.3) is 0 Å². The van der Waals surface area contributed by atoms with E-state index in [9.17, 15) is 24.6 Å². The number of amides is 2. The summed E-state index contributed by atoms with van der Waals surface area (Å²) in [5.74, 6) is -4.34. The molecule has 132 valence electrons. The van der Waals surface area contributed by atoms with Gasteiger partial charge in [0.05, 0.1) is 11.3 Å². The first-order chi connectivity index (χ1) is 12.5. The summed E-state index contributed by atoms with van der Waals surface area (Å²) in [4.78, 5) is 38.6. The van der Waals surface area contributed by atoms with Crippen LogP contribution >= 0.6 is 0 Å². The molecule has 2 aromatic carbocycles. The Kier molecular flexibility index (Phi) is 3.73. The monoisotopic (exact) mass is 352 g/mol. The predicted octanol–water partition coefficient (Wildman–Crippen LogP) is -1.07. The number of phenols is 1. The summed E-state index contributed by atoms with van der Waals surface area (Å²) in [6, 6.07) is 13.0. The number of hydrogen-bond acceptors (Lipinski definition) is 5. The lowest BCUT2D eigenvalue weighted by Gasteiger charge is -2.21. The minimum Gasteiger partial charge on any atom is -0.544 e. The molecular formula is C19H16N2O5. The molecule has 7 heteroatoms. The Balaban J connectivity index is 1.80. The number of para-hydroxylation sites is 2. The molecule has 0 radical (unpaired) electrons. The molecule has 2 saturated heterocycles. The highest BCUT2D eigenvalue weighted by atomic mass is 16.4. The summed E-state index contributed by atoms with van der Waals surface area (Å²) in [7, 11) is 0. The van der Waals surface area contributed by atoms with Crippen molar-refractivity contribution in [2.75, 3.05) is 4.90 Å². The number of benzene rings is 2. The molecule has 26 heavy (non-hydrogen) atoms. The molecule has 0 spiro atoms. The van der Waals surface area contributed by atoms with Crippen molar-refractivity contribution in [1.29, 1.82) is 0 Å². The van der Waals surface area contributed by atoms with Crippen LogP contribution < -0.4 is 15.3 Å². The fraction of sp³-hybridized carbons (Fsp3) is 0.211. The Morgan fingerprint density at radius 3 is 2.23 bits per heavy atom. The fourth-order valence-electron chi connectivity index (χ4n) is 4.05. The van der Waals surface area contributed by atoms with Gasteiger partial charge in [-0.1, -0.05) is 30.3 Å². The largest absolute Gasteiger partial charge is 0.544 e. The maximum Gasteiger partial charge on any atom is 0.244 e. The number of carbonyl (C=O) groups is 3. The lowest BCUT2D eigenvalue weighted by molar-refractivity contribution is -0.705. The molecule has 2 aliphatic rings. The van der Waals surface area contributed by atoms with Gasteiger partial charge >= 0.3 is 0 Å². The van der Waals surface area contributed by atoms with Crippen LogP contribution in [0, 0.1) is 11.8 Å². The predicted molar refractivity (Wildman–Crippen MR) is 87.5 cm³/mol. The van der Waals surface area contributed by atoms with E-state index in [1.807, 2.05) is 0 Å². The molecule has 2 heterocycles. The van der Waals surface area contributed by atoms with Gasteiger partial charge in [-0.05, 0) is 24.3 Å². The lowest BCUT2D eigenvalue weighted by Crippen LogP contribution is -2.92. The average molecular weight is 352 g/mol. The Bertz CT molecular complexity index is 898. The van der Waals surface area contributed by atoms with Gasteiger partial charge in [-0.3, -0.25) is 9.59 Å². The average Bonchev–Trinajstić information content (AvgIpc) is 3.14. The van der Waals surface area contributed by atoms with E-state index < -0.39 is 41.7 Å². The fourth-order valence-corrected chi connectivity index (χ4v) is 4.05. The summed E-state index contributed by atoms with van der Waals surface area (Å²) in [6.07, 6.45) is 0. The number of imide groups is 1. The number of anilines is 1. The zero-order valence-electron chi connectivity index (χ0n) is 13.6. The van der Waals surface area contributed by atoms with Crippen LogP contribution in [-0.4, -0.2) is 28.9 Å². The number of hydrogen-bond donors (Lipinski definition) is 2. The second-order valence-corrected chi connectivity index (χ2v) is 6.52. The molecule has 0 saturated carbocycles. The van der Waals surface area contributed by atoms with E-state index in [0.717, 1.165) is 4.90 Å². The Morgan fingerprint density at radius 2 is 1.58 bits per heavy atom. The van der Waals surface area contributed by atoms with Gasteiger partial charge in [-0.15, -0.1) is 0 Å². The van der Waals surface area contributed by atoms with Crippen molar-refractivity contribution >= 4 is 23.5 Å². The minimum atomic E-state index is -1.39. The van der Waals surface area contributed by atoms with Crippen molar-refractivity contribution in [1.82, 2.24) is 0 Å². The molecule has 4 atom stereocenters. The first kappa shape index (κ1) is 16.3.